The third-order valence-electron chi connectivity index (χ3n) is 3.61. The lowest BCUT2D eigenvalue weighted by Crippen LogP contribution is -2.46. The number of hydrogen-bond donors (Lipinski definition) is 0. The minimum Gasteiger partial charge on any atom is -0.368 e. The van der Waals surface area contributed by atoms with Gasteiger partial charge in [0.25, 0.3) is 0 Å². The molecular formula is C15H21BrN2O. The lowest BCUT2D eigenvalue weighted by Gasteiger charge is -2.36. The highest BCUT2D eigenvalue weighted by molar-refractivity contribution is 9.10. The van der Waals surface area contributed by atoms with E-state index in [1.165, 1.54) is 18.7 Å². The van der Waals surface area contributed by atoms with E-state index in [2.05, 4.69) is 38.7 Å². The molecule has 0 N–H and O–H groups in total. The molecule has 1 aliphatic heterocycles. The molecule has 0 bridgehead atoms. The van der Waals surface area contributed by atoms with Gasteiger partial charge in [0.2, 0.25) is 0 Å². The van der Waals surface area contributed by atoms with E-state index in [-0.39, 0.29) is 5.78 Å². The predicted molar refractivity (Wildman–Crippen MR) is 83.1 cm³/mol. The number of nitrogens with zero attached hydrogens (tertiary/aromatic N) is 2. The van der Waals surface area contributed by atoms with E-state index in [1.54, 1.807) is 6.92 Å². The SMILES string of the molecule is CCCN1CCN(c2ccc(C(C)=O)cc2Br)CC1. The third-order valence-corrected chi connectivity index (χ3v) is 4.24. The van der Waals surface area contributed by atoms with Crippen molar-refractivity contribution < 1.29 is 4.79 Å². The Morgan fingerprint density at radius 2 is 1.95 bits per heavy atom. The quantitative estimate of drug-likeness (QED) is 0.795. The molecule has 0 atom stereocenters. The Balaban J connectivity index is 2.05. The molecule has 1 aromatic carbocycles. The highest BCUT2D eigenvalue weighted by Gasteiger charge is 2.18. The van der Waals surface area contributed by atoms with Gasteiger partial charge >= 0.3 is 0 Å². The summed E-state index contributed by atoms with van der Waals surface area (Å²) in [6.45, 7) is 9.37. The van der Waals surface area contributed by atoms with Gasteiger partial charge in [0.15, 0.2) is 5.78 Å². The topological polar surface area (TPSA) is 23.6 Å². The molecule has 1 aliphatic rings. The highest BCUT2D eigenvalue weighted by Crippen LogP contribution is 2.28. The molecule has 19 heavy (non-hydrogen) atoms. The molecule has 0 aliphatic carbocycles. The summed E-state index contributed by atoms with van der Waals surface area (Å²) >= 11 is 3.59. The first-order valence-electron chi connectivity index (χ1n) is 6.89. The van der Waals surface area contributed by atoms with Crippen molar-refractivity contribution in [2.24, 2.45) is 0 Å². The largest absolute Gasteiger partial charge is 0.368 e. The average Bonchev–Trinajstić information content (AvgIpc) is 2.40. The van der Waals surface area contributed by atoms with Crippen LogP contribution in [0.15, 0.2) is 22.7 Å². The Morgan fingerprint density at radius 3 is 2.47 bits per heavy atom. The zero-order chi connectivity index (χ0) is 13.8. The first-order chi connectivity index (χ1) is 9.11. The van der Waals surface area contributed by atoms with E-state index in [0.717, 1.165) is 36.2 Å². The summed E-state index contributed by atoms with van der Waals surface area (Å²) in [6.07, 6.45) is 1.22. The van der Waals surface area contributed by atoms with Crippen LogP contribution in [0.2, 0.25) is 0 Å². The lowest BCUT2D eigenvalue weighted by atomic mass is 10.1. The second-order valence-corrected chi connectivity index (χ2v) is 5.91. The maximum Gasteiger partial charge on any atom is 0.159 e. The van der Waals surface area contributed by atoms with Crippen LogP contribution in [0.25, 0.3) is 0 Å². The number of ketones is 1. The fourth-order valence-electron chi connectivity index (χ4n) is 2.51. The van der Waals surface area contributed by atoms with E-state index in [9.17, 15) is 4.79 Å². The van der Waals surface area contributed by atoms with E-state index in [1.807, 2.05) is 12.1 Å². The fourth-order valence-corrected chi connectivity index (χ4v) is 3.14. The summed E-state index contributed by atoms with van der Waals surface area (Å²) in [4.78, 5) is 16.3. The van der Waals surface area contributed by atoms with Crippen molar-refractivity contribution in [3.63, 3.8) is 0 Å². The molecule has 1 saturated heterocycles. The standard InChI is InChI=1S/C15H21BrN2O/c1-3-6-17-7-9-18(10-8-17)15-5-4-13(12(2)19)11-14(15)16/h4-5,11H,3,6-10H2,1-2H3. The molecule has 1 fully saturated rings. The number of Topliss-reactive ketones (excluding diaryl/α,β-unsaturated/α-hetero) is 1. The molecule has 104 valence electrons. The van der Waals surface area contributed by atoms with Crippen LogP contribution in [0.1, 0.15) is 30.6 Å². The van der Waals surface area contributed by atoms with Gasteiger partial charge in [-0.2, -0.15) is 0 Å². The smallest absolute Gasteiger partial charge is 0.159 e. The number of halogens is 1. The number of carbonyl (C=O) groups is 1. The van der Waals surface area contributed by atoms with Gasteiger partial charge in [0, 0.05) is 36.2 Å². The van der Waals surface area contributed by atoms with Crippen LogP contribution >= 0.6 is 15.9 Å². The van der Waals surface area contributed by atoms with Gasteiger partial charge < -0.3 is 4.90 Å². The van der Waals surface area contributed by atoms with E-state index in [0.29, 0.717) is 0 Å². The Labute approximate surface area is 123 Å². The van der Waals surface area contributed by atoms with Crippen molar-refractivity contribution in [3.8, 4) is 0 Å². The Morgan fingerprint density at radius 1 is 1.26 bits per heavy atom. The van der Waals surface area contributed by atoms with Crippen LogP contribution in [-0.2, 0) is 0 Å². The van der Waals surface area contributed by atoms with Crippen molar-refractivity contribution in [1.82, 2.24) is 4.90 Å². The third kappa shape index (κ3) is 3.57. The van der Waals surface area contributed by atoms with Crippen LogP contribution in [0.4, 0.5) is 5.69 Å². The van der Waals surface area contributed by atoms with Crippen molar-refractivity contribution in [2.45, 2.75) is 20.3 Å². The van der Waals surface area contributed by atoms with Crippen molar-refractivity contribution in [3.05, 3.63) is 28.2 Å². The summed E-state index contributed by atoms with van der Waals surface area (Å²) in [5, 5.41) is 0. The maximum absolute atomic E-state index is 11.4. The number of rotatable bonds is 4. The zero-order valence-electron chi connectivity index (χ0n) is 11.7. The van der Waals surface area contributed by atoms with Crippen LogP contribution in [-0.4, -0.2) is 43.4 Å². The molecule has 3 nitrogen and oxygen atoms in total. The van der Waals surface area contributed by atoms with Gasteiger partial charge in [0.05, 0.1) is 5.69 Å². The number of anilines is 1. The van der Waals surface area contributed by atoms with E-state index < -0.39 is 0 Å². The first-order valence-corrected chi connectivity index (χ1v) is 7.69. The van der Waals surface area contributed by atoms with Gasteiger partial charge in [-0.1, -0.05) is 6.92 Å². The monoisotopic (exact) mass is 324 g/mol. The molecule has 0 unspecified atom stereocenters. The number of benzene rings is 1. The fraction of sp³-hybridized carbons (Fsp3) is 0.533. The molecule has 1 aromatic rings. The first kappa shape index (κ1) is 14.5. The summed E-state index contributed by atoms with van der Waals surface area (Å²) in [6, 6.07) is 5.90. The van der Waals surface area contributed by atoms with Crippen LogP contribution in [0, 0.1) is 0 Å². The number of hydrogen-bond acceptors (Lipinski definition) is 3. The van der Waals surface area contributed by atoms with Crippen LogP contribution < -0.4 is 4.90 Å². The molecular weight excluding hydrogens is 304 g/mol. The molecule has 0 radical (unpaired) electrons. The molecule has 2 rings (SSSR count). The molecule has 1 heterocycles. The number of carbonyl (C=O) groups excluding carboxylic acids is 1. The number of piperazine rings is 1. The summed E-state index contributed by atoms with van der Waals surface area (Å²) in [5.41, 5.74) is 1.96. The summed E-state index contributed by atoms with van der Waals surface area (Å²) in [7, 11) is 0. The second-order valence-electron chi connectivity index (χ2n) is 5.05. The predicted octanol–water partition coefficient (Wildman–Crippen LogP) is 3.18. The van der Waals surface area contributed by atoms with Gasteiger partial charge in [0.1, 0.15) is 0 Å². The summed E-state index contributed by atoms with van der Waals surface area (Å²) in [5.74, 6) is 0.111. The molecule has 0 spiro atoms. The van der Waals surface area contributed by atoms with Gasteiger partial charge in [-0.25, -0.2) is 0 Å². The van der Waals surface area contributed by atoms with Crippen LogP contribution in [0.3, 0.4) is 0 Å². The van der Waals surface area contributed by atoms with Crippen LogP contribution in [0.5, 0.6) is 0 Å². The van der Waals surface area contributed by atoms with E-state index >= 15 is 0 Å². The van der Waals surface area contributed by atoms with Gasteiger partial charge in [-0.15, -0.1) is 0 Å². The minimum atomic E-state index is 0.111. The Bertz CT molecular complexity index is 453. The summed E-state index contributed by atoms with van der Waals surface area (Å²) < 4.78 is 1.02. The molecule has 0 saturated carbocycles. The van der Waals surface area contributed by atoms with Gasteiger partial charge in [-0.05, 0) is 54.0 Å². The van der Waals surface area contributed by atoms with Crippen molar-refractivity contribution in [1.29, 1.82) is 0 Å². The minimum absolute atomic E-state index is 0.111. The van der Waals surface area contributed by atoms with Gasteiger partial charge in [-0.3, -0.25) is 9.69 Å². The Kier molecular flexibility index (Phi) is 4.99. The molecule has 0 aromatic heterocycles. The molecule has 0 amide bonds. The second kappa shape index (κ2) is 6.53. The van der Waals surface area contributed by atoms with E-state index in [4.69, 9.17) is 0 Å². The van der Waals surface area contributed by atoms with Crippen molar-refractivity contribution >= 4 is 27.4 Å². The highest BCUT2D eigenvalue weighted by atomic mass is 79.9. The zero-order valence-corrected chi connectivity index (χ0v) is 13.2. The normalized spacial score (nSPS) is 16.7. The van der Waals surface area contributed by atoms with Crippen molar-refractivity contribution in [2.75, 3.05) is 37.6 Å². The Hall–Kier alpha value is -0.870. The maximum atomic E-state index is 11.4. The average molecular weight is 325 g/mol. The lowest BCUT2D eigenvalue weighted by molar-refractivity contribution is 0.101. The molecule has 4 heteroatoms.